The molecule has 2 heterocycles. The van der Waals surface area contributed by atoms with E-state index in [1.807, 2.05) is 25.1 Å². The van der Waals surface area contributed by atoms with Crippen LogP contribution in [0.1, 0.15) is 32.4 Å². The van der Waals surface area contributed by atoms with Gasteiger partial charge < -0.3 is 4.90 Å². The topological polar surface area (TPSA) is 40.5 Å². The van der Waals surface area contributed by atoms with E-state index in [4.69, 9.17) is 12.2 Å². The zero-order valence-corrected chi connectivity index (χ0v) is 15.3. The SMILES string of the molecule is CC(=NNC(=S)N1CCC(C)CC1)c1ccccn1.[Ga+3]. The predicted molar refractivity (Wildman–Crippen MR) is 87.9 cm³/mol. The summed E-state index contributed by atoms with van der Waals surface area (Å²) in [6.45, 7) is 6.25. The molecule has 0 radical (unpaired) electrons. The largest absolute Gasteiger partial charge is 3.00 e. The Kier molecular flexibility index (Phi) is 7.26. The van der Waals surface area contributed by atoms with E-state index in [0.29, 0.717) is 5.11 Å². The Balaban J connectivity index is 0.00000200. The average Bonchev–Trinajstić information content (AvgIpc) is 2.46. The van der Waals surface area contributed by atoms with Gasteiger partial charge in [0, 0.05) is 19.3 Å². The van der Waals surface area contributed by atoms with Crippen LogP contribution in [-0.4, -0.2) is 53.6 Å². The first kappa shape index (κ1) is 17.2. The molecule has 1 N–H and O–H groups in total. The van der Waals surface area contributed by atoms with Crippen LogP contribution in [0.2, 0.25) is 0 Å². The number of likely N-dealkylation sites (tertiary alicyclic amines) is 1. The van der Waals surface area contributed by atoms with Gasteiger partial charge in [-0.2, -0.15) is 5.10 Å². The van der Waals surface area contributed by atoms with Crippen LogP contribution < -0.4 is 5.43 Å². The van der Waals surface area contributed by atoms with Crippen LogP contribution in [-0.2, 0) is 0 Å². The van der Waals surface area contributed by atoms with Crippen molar-refractivity contribution in [3.05, 3.63) is 30.1 Å². The summed E-state index contributed by atoms with van der Waals surface area (Å²) >= 11 is 5.37. The van der Waals surface area contributed by atoms with Crippen LogP contribution in [0.15, 0.2) is 29.5 Å². The Hall–Kier alpha value is -0.854. The Morgan fingerprint density at radius 1 is 1.40 bits per heavy atom. The van der Waals surface area contributed by atoms with Gasteiger partial charge in [0.05, 0.1) is 11.4 Å². The predicted octanol–water partition coefficient (Wildman–Crippen LogP) is 2.03. The van der Waals surface area contributed by atoms with Crippen LogP contribution in [0.4, 0.5) is 0 Å². The minimum absolute atomic E-state index is 0. The van der Waals surface area contributed by atoms with E-state index in [0.717, 1.165) is 30.4 Å². The number of piperidine rings is 1. The normalized spacial score (nSPS) is 16.5. The summed E-state index contributed by atoms with van der Waals surface area (Å²) in [5, 5.41) is 5.02. The van der Waals surface area contributed by atoms with Crippen molar-refractivity contribution in [2.45, 2.75) is 26.7 Å². The molecule has 1 aromatic heterocycles. The molecule has 0 aliphatic carbocycles. The maximum absolute atomic E-state index is 5.37. The van der Waals surface area contributed by atoms with Gasteiger partial charge in [-0.25, -0.2) is 0 Å². The van der Waals surface area contributed by atoms with E-state index in [2.05, 4.69) is 27.3 Å². The molecular formula is C14H20GaN4S+3. The second-order valence-electron chi connectivity index (χ2n) is 5.00. The molecule has 20 heavy (non-hydrogen) atoms. The molecule has 102 valence electrons. The van der Waals surface area contributed by atoms with Gasteiger partial charge in [0.15, 0.2) is 5.11 Å². The van der Waals surface area contributed by atoms with Gasteiger partial charge in [0.2, 0.25) is 0 Å². The zero-order valence-electron chi connectivity index (χ0n) is 12.0. The average molecular weight is 346 g/mol. The summed E-state index contributed by atoms with van der Waals surface area (Å²) in [7, 11) is 0. The summed E-state index contributed by atoms with van der Waals surface area (Å²) in [5.41, 5.74) is 4.68. The van der Waals surface area contributed by atoms with Crippen molar-refractivity contribution in [2.75, 3.05) is 13.1 Å². The number of hydrogen-bond acceptors (Lipinski definition) is 3. The van der Waals surface area contributed by atoms with Crippen molar-refractivity contribution in [1.29, 1.82) is 0 Å². The fourth-order valence-electron chi connectivity index (χ4n) is 2.05. The van der Waals surface area contributed by atoms with Gasteiger partial charge in [0.25, 0.3) is 0 Å². The third kappa shape index (κ3) is 4.92. The Morgan fingerprint density at radius 2 is 2.10 bits per heavy atom. The molecule has 2 rings (SSSR count). The van der Waals surface area contributed by atoms with Crippen molar-refractivity contribution in [1.82, 2.24) is 15.3 Å². The number of thiocarbonyl (C=S) groups is 1. The van der Waals surface area contributed by atoms with E-state index >= 15 is 0 Å². The summed E-state index contributed by atoms with van der Waals surface area (Å²) in [4.78, 5) is 6.44. The van der Waals surface area contributed by atoms with E-state index < -0.39 is 0 Å². The van der Waals surface area contributed by atoms with Crippen molar-refractivity contribution in [3.8, 4) is 0 Å². The van der Waals surface area contributed by atoms with Gasteiger partial charge in [-0.1, -0.05) is 13.0 Å². The van der Waals surface area contributed by atoms with Crippen molar-refractivity contribution in [3.63, 3.8) is 0 Å². The van der Waals surface area contributed by atoms with Gasteiger partial charge >= 0.3 is 19.8 Å². The van der Waals surface area contributed by atoms with Gasteiger partial charge in [-0.05, 0) is 50.0 Å². The van der Waals surface area contributed by atoms with Gasteiger partial charge in [-0.15, -0.1) is 0 Å². The number of hydrogen-bond donors (Lipinski definition) is 1. The summed E-state index contributed by atoms with van der Waals surface area (Å²) in [5.74, 6) is 0.804. The number of nitrogens with one attached hydrogen (secondary N) is 1. The number of nitrogens with zero attached hydrogens (tertiary/aromatic N) is 3. The molecule has 1 saturated heterocycles. The molecule has 1 fully saturated rings. The van der Waals surface area contributed by atoms with E-state index in [-0.39, 0.29) is 19.8 Å². The molecule has 6 heteroatoms. The van der Waals surface area contributed by atoms with Crippen LogP contribution in [0, 0.1) is 5.92 Å². The molecule has 1 aliphatic rings. The Bertz CT molecular complexity index is 456. The molecule has 0 amide bonds. The third-order valence-corrected chi connectivity index (χ3v) is 3.78. The second-order valence-corrected chi connectivity index (χ2v) is 5.39. The van der Waals surface area contributed by atoms with Crippen molar-refractivity contribution >= 4 is 42.8 Å². The molecule has 0 aromatic carbocycles. The fourth-order valence-corrected chi connectivity index (χ4v) is 2.28. The molecule has 1 aliphatic heterocycles. The number of hydrazone groups is 1. The van der Waals surface area contributed by atoms with Crippen molar-refractivity contribution < 1.29 is 0 Å². The van der Waals surface area contributed by atoms with Crippen LogP contribution >= 0.6 is 12.2 Å². The summed E-state index contributed by atoms with van der Waals surface area (Å²) in [6.07, 6.45) is 4.16. The quantitative estimate of drug-likeness (QED) is 0.385. The zero-order chi connectivity index (χ0) is 13.7. The Labute approximate surface area is 139 Å². The number of rotatable bonds is 2. The van der Waals surface area contributed by atoms with Crippen LogP contribution in [0.3, 0.4) is 0 Å². The maximum atomic E-state index is 5.37. The molecular weight excluding hydrogens is 326 g/mol. The molecule has 0 spiro atoms. The standard InChI is InChI=1S/C14H20N4S.Ga/c1-11-6-9-18(10-7-11)14(19)17-16-12(2)13-5-3-4-8-15-13;/h3-5,8,11H,6-7,9-10H2,1-2H3,(H,17,19);/q;+3. The molecule has 4 nitrogen and oxygen atoms in total. The summed E-state index contributed by atoms with van der Waals surface area (Å²) in [6, 6.07) is 5.78. The van der Waals surface area contributed by atoms with E-state index in [9.17, 15) is 0 Å². The number of aromatic nitrogens is 1. The van der Waals surface area contributed by atoms with Crippen LogP contribution in [0.25, 0.3) is 0 Å². The van der Waals surface area contributed by atoms with E-state index in [1.54, 1.807) is 6.20 Å². The Morgan fingerprint density at radius 3 is 2.70 bits per heavy atom. The molecule has 1 aromatic rings. The smallest absolute Gasteiger partial charge is 0.348 e. The first-order chi connectivity index (χ1) is 9.16. The van der Waals surface area contributed by atoms with Crippen LogP contribution in [0.5, 0.6) is 0 Å². The summed E-state index contributed by atoms with van der Waals surface area (Å²) < 4.78 is 0. The molecule has 0 saturated carbocycles. The maximum Gasteiger partial charge on any atom is 3.00 e. The monoisotopic (exact) mass is 345 g/mol. The molecule has 0 atom stereocenters. The number of pyridine rings is 1. The minimum Gasteiger partial charge on any atom is -0.348 e. The first-order valence-electron chi connectivity index (χ1n) is 6.67. The third-order valence-electron chi connectivity index (χ3n) is 3.43. The second kappa shape index (κ2) is 8.44. The molecule has 0 bridgehead atoms. The van der Waals surface area contributed by atoms with E-state index in [1.165, 1.54) is 12.8 Å². The molecule has 0 unspecified atom stereocenters. The van der Waals surface area contributed by atoms with Crippen molar-refractivity contribution in [2.24, 2.45) is 11.0 Å². The fraction of sp³-hybridized carbons (Fsp3) is 0.500. The first-order valence-corrected chi connectivity index (χ1v) is 7.08. The van der Waals surface area contributed by atoms with Gasteiger partial charge in [0.1, 0.15) is 0 Å². The minimum atomic E-state index is 0. The van der Waals surface area contributed by atoms with Gasteiger partial charge in [-0.3, -0.25) is 10.4 Å².